The molecule has 0 aliphatic heterocycles. The van der Waals surface area contributed by atoms with E-state index < -0.39 is 0 Å². The third-order valence-corrected chi connectivity index (χ3v) is 9.66. The summed E-state index contributed by atoms with van der Waals surface area (Å²) >= 11 is 0. The molecule has 3 saturated carbocycles. The molecule has 0 radical (unpaired) electrons. The molecule has 5 nitrogen and oxygen atoms in total. The molecule has 40 heavy (non-hydrogen) atoms. The normalized spacial score (nSPS) is 34.2. The lowest BCUT2D eigenvalue weighted by Gasteiger charge is -2.36. The fraction of sp³-hybridized carbons (Fsp3) is 0.886. The van der Waals surface area contributed by atoms with Gasteiger partial charge in [0.05, 0.1) is 6.10 Å². The van der Waals surface area contributed by atoms with Crippen molar-refractivity contribution in [3.63, 3.8) is 0 Å². The Labute approximate surface area is 247 Å². The van der Waals surface area contributed by atoms with Crippen molar-refractivity contribution in [2.24, 2.45) is 53.3 Å². The van der Waals surface area contributed by atoms with Gasteiger partial charge in [0, 0.05) is 13.0 Å². The summed E-state index contributed by atoms with van der Waals surface area (Å²) in [6, 6.07) is 0. The minimum atomic E-state index is -0.278. The topological polar surface area (TPSA) is 72.8 Å². The molecular formula is C35H64O5. The molecule has 3 rings (SSSR count). The summed E-state index contributed by atoms with van der Waals surface area (Å²) in [5.74, 6) is 5.20. The molecule has 9 atom stereocenters. The molecule has 3 aliphatic rings. The van der Waals surface area contributed by atoms with Gasteiger partial charge in [0.1, 0.15) is 12.2 Å². The Balaban J connectivity index is 0.000000304. The Hall–Kier alpha value is -1.36. The van der Waals surface area contributed by atoms with Gasteiger partial charge < -0.3 is 14.6 Å². The van der Waals surface area contributed by atoms with Gasteiger partial charge in [-0.15, -0.1) is 0 Å². The quantitative estimate of drug-likeness (QED) is 0.258. The highest BCUT2D eigenvalue weighted by molar-refractivity contribution is 5.81. The molecule has 0 heterocycles. The lowest BCUT2D eigenvalue weighted by Crippen LogP contribution is -2.35. The highest BCUT2D eigenvalue weighted by Gasteiger charge is 2.34. The summed E-state index contributed by atoms with van der Waals surface area (Å²) in [5.41, 5.74) is 0. The number of carbonyl (C=O) groups excluding carboxylic acids is 2. The second-order valence-electron chi connectivity index (χ2n) is 14.4. The predicted octanol–water partition coefficient (Wildman–Crippen LogP) is 8.63. The van der Waals surface area contributed by atoms with Gasteiger partial charge >= 0.3 is 11.9 Å². The van der Waals surface area contributed by atoms with Gasteiger partial charge in [-0.2, -0.15) is 0 Å². The van der Waals surface area contributed by atoms with E-state index in [0.29, 0.717) is 47.3 Å². The van der Waals surface area contributed by atoms with Crippen molar-refractivity contribution < 1.29 is 24.2 Å². The lowest BCUT2D eigenvalue weighted by molar-refractivity contribution is -0.153. The van der Waals surface area contributed by atoms with E-state index in [1.54, 1.807) is 0 Å². The molecule has 0 amide bonds. The van der Waals surface area contributed by atoms with Gasteiger partial charge in [-0.05, 0) is 91.8 Å². The Morgan fingerprint density at radius 3 is 1.40 bits per heavy atom. The minimum absolute atomic E-state index is 0.0289. The van der Waals surface area contributed by atoms with Gasteiger partial charge in [0.15, 0.2) is 0 Å². The molecule has 3 fully saturated rings. The van der Waals surface area contributed by atoms with Crippen molar-refractivity contribution in [3.05, 3.63) is 12.7 Å². The van der Waals surface area contributed by atoms with Crippen LogP contribution in [0.15, 0.2) is 12.7 Å². The van der Waals surface area contributed by atoms with E-state index in [0.717, 1.165) is 25.2 Å². The summed E-state index contributed by atoms with van der Waals surface area (Å²) in [4.78, 5) is 22.2. The maximum Gasteiger partial charge on any atom is 0.330 e. The zero-order valence-corrected chi connectivity index (χ0v) is 27.7. The van der Waals surface area contributed by atoms with Crippen molar-refractivity contribution in [2.75, 3.05) is 0 Å². The van der Waals surface area contributed by atoms with E-state index >= 15 is 0 Å². The van der Waals surface area contributed by atoms with Crippen LogP contribution in [0.3, 0.4) is 0 Å². The van der Waals surface area contributed by atoms with E-state index in [-0.39, 0.29) is 30.3 Å². The molecule has 5 heteroatoms. The van der Waals surface area contributed by atoms with Gasteiger partial charge in [-0.1, -0.05) is 88.2 Å². The number of hydrogen-bond donors (Lipinski definition) is 1. The Bertz CT molecular complexity index is 744. The zero-order valence-electron chi connectivity index (χ0n) is 27.7. The summed E-state index contributed by atoms with van der Waals surface area (Å²) in [7, 11) is 0. The number of hydrogen-bond acceptors (Lipinski definition) is 5. The number of ether oxygens (including phenoxy) is 2. The molecule has 0 bridgehead atoms. The summed E-state index contributed by atoms with van der Waals surface area (Å²) in [6.45, 7) is 24.9. The van der Waals surface area contributed by atoms with Crippen LogP contribution in [0.25, 0.3) is 0 Å². The van der Waals surface area contributed by atoms with Crippen LogP contribution in [-0.4, -0.2) is 35.4 Å². The zero-order chi connectivity index (χ0) is 30.6. The second kappa shape index (κ2) is 18.2. The number of aliphatic hydroxyl groups excluding tert-OH is 1. The molecular weight excluding hydrogens is 500 g/mol. The number of carbonyl (C=O) groups is 2. The number of aliphatic hydroxyl groups is 1. The predicted molar refractivity (Wildman–Crippen MR) is 166 cm³/mol. The van der Waals surface area contributed by atoms with E-state index in [2.05, 4.69) is 68.9 Å². The first-order chi connectivity index (χ1) is 18.7. The number of esters is 2. The van der Waals surface area contributed by atoms with Crippen LogP contribution in [0, 0.1) is 53.3 Å². The first kappa shape index (κ1) is 36.7. The number of rotatable bonds is 6. The SMILES string of the molecule is C=CC(=O)OC1CC(C)CCC1C(C)C.CC(=O)OC1CC(C)CCC1C(C)C.CC1CCC(C(C)C)C(O)C1. The van der Waals surface area contributed by atoms with Crippen molar-refractivity contribution in [1.82, 2.24) is 0 Å². The van der Waals surface area contributed by atoms with Crippen molar-refractivity contribution >= 4 is 11.9 Å². The Morgan fingerprint density at radius 1 is 0.675 bits per heavy atom. The summed E-state index contributed by atoms with van der Waals surface area (Å²) < 4.78 is 10.8. The van der Waals surface area contributed by atoms with E-state index in [9.17, 15) is 14.7 Å². The molecule has 0 aromatic heterocycles. The second-order valence-corrected chi connectivity index (χ2v) is 14.4. The molecule has 234 valence electrons. The van der Waals surface area contributed by atoms with Crippen molar-refractivity contribution in [2.45, 2.75) is 145 Å². The highest BCUT2D eigenvalue weighted by Crippen LogP contribution is 2.36. The van der Waals surface area contributed by atoms with Crippen LogP contribution in [0.4, 0.5) is 0 Å². The first-order valence-electron chi connectivity index (χ1n) is 16.3. The van der Waals surface area contributed by atoms with Crippen LogP contribution in [0.1, 0.15) is 127 Å². The molecule has 1 N–H and O–H groups in total. The van der Waals surface area contributed by atoms with E-state index in [1.807, 2.05) is 0 Å². The maximum atomic E-state index is 11.2. The third kappa shape index (κ3) is 13.1. The monoisotopic (exact) mass is 564 g/mol. The summed E-state index contributed by atoms with van der Waals surface area (Å²) in [5, 5.41) is 9.71. The van der Waals surface area contributed by atoms with Crippen LogP contribution in [-0.2, 0) is 19.1 Å². The average molecular weight is 565 g/mol. The highest BCUT2D eigenvalue weighted by atomic mass is 16.5. The van der Waals surface area contributed by atoms with Crippen molar-refractivity contribution in [1.29, 1.82) is 0 Å². The smallest absolute Gasteiger partial charge is 0.330 e. The lowest BCUT2D eigenvalue weighted by atomic mass is 9.75. The fourth-order valence-electron chi connectivity index (χ4n) is 7.06. The minimum Gasteiger partial charge on any atom is -0.462 e. The Kier molecular flexibility index (Phi) is 16.7. The van der Waals surface area contributed by atoms with Gasteiger partial charge in [0.2, 0.25) is 0 Å². The molecule has 3 aliphatic carbocycles. The third-order valence-electron chi connectivity index (χ3n) is 9.66. The van der Waals surface area contributed by atoms with E-state index in [1.165, 1.54) is 51.5 Å². The average Bonchev–Trinajstić information content (AvgIpc) is 2.84. The van der Waals surface area contributed by atoms with Gasteiger partial charge in [-0.25, -0.2) is 4.79 Å². The maximum absolute atomic E-state index is 11.2. The molecule has 0 aromatic carbocycles. The molecule has 9 unspecified atom stereocenters. The van der Waals surface area contributed by atoms with Crippen LogP contribution in [0.2, 0.25) is 0 Å². The fourth-order valence-corrected chi connectivity index (χ4v) is 7.06. The van der Waals surface area contributed by atoms with E-state index in [4.69, 9.17) is 9.47 Å². The first-order valence-corrected chi connectivity index (χ1v) is 16.3. The largest absolute Gasteiger partial charge is 0.462 e. The van der Waals surface area contributed by atoms with Gasteiger partial charge in [0.25, 0.3) is 0 Å². The molecule has 0 saturated heterocycles. The van der Waals surface area contributed by atoms with Crippen LogP contribution < -0.4 is 0 Å². The van der Waals surface area contributed by atoms with Crippen molar-refractivity contribution in [3.8, 4) is 0 Å². The van der Waals surface area contributed by atoms with Crippen LogP contribution >= 0.6 is 0 Å². The van der Waals surface area contributed by atoms with Gasteiger partial charge in [-0.3, -0.25) is 4.79 Å². The Morgan fingerprint density at radius 2 is 1.05 bits per heavy atom. The standard InChI is InChI=1S/C13H22O2.C12H22O2.C10H20O/c1-5-13(14)15-12-8-10(4)6-7-11(12)9(2)3;1-8(2)11-6-5-9(3)7-12(11)14-10(4)13;1-7(2)9-5-4-8(3)6-10(9)11/h5,9-12H,1,6-8H2,2-4H3;8-9,11-12H,5-7H2,1-4H3;7-11H,4-6H2,1-3H3. The molecule has 0 aromatic rings. The summed E-state index contributed by atoms with van der Waals surface area (Å²) in [6.07, 6.45) is 12.0. The van der Waals surface area contributed by atoms with Crippen LogP contribution in [0.5, 0.6) is 0 Å². The molecule has 0 spiro atoms.